The van der Waals surface area contributed by atoms with Gasteiger partial charge in [0.05, 0.1) is 4.90 Å². The van der Waals surface area contributed by atoms with Gasteiger partial charge in [-0.05, 0) is 31.0 Å². The van der Waals surface area contributed by atoms with Crippen molar-refractivity contribution in [1.29, 1.82) is 0 Å². The van der Waals surface area contributed by atoms with Crippen molar-refractivity contribution >= 4 is 34.2 Å². The number of sulfonamides is 1. The standard InChI is InChI=1S/C15H21N3O4S.ClH/c1-11-4-3-5-13(10-11)23(21,22)16-7-9-18-8-6-14(15(18)20)17-12(2)19;/h3-5,10,14,16H,6-9H2,1-2H3,(H,17,19);1H. The molecule has 0 aromatic heterocycles. The highest BCUT2D eigenvalue weighted by Crippen LogP contribution is 2.12. The molecule has 0 bridgehead atoms. The Morgan fingerprint density at radius 2 is 2.08 bits per heavy atom. The minimum atomic E-state index is -3.58. The summed E-state index contributed by atoms with van der Waals surface area (Å²) in [4.78, 5) is 24.8. The number of halogens is 1. The van der Waals surface area contributed by atoms with Crippen LogP contribution in [0.1, 0.15) is 18.9 Å². The molecule has 1 aromatic carbocycles. The van der Waals surface area contributed by atoms with Crippen molar-refractivity contribution in [3.8, 4) is 0 Å². The minimum Gasteiger partial charge on any atom is -0.344 e. The molecule has 1 heterocycles. The van der Waals surface area contributed by atoms with Gasteiger partial charge in [0.1, 0.15) is 6.04 Å². The summed E-state index contributed by atoms with van der Waals surface area (Å²) in [5.74, 6) is -0.416. The van der Waals surface area contributed by atoms with Gasteiger partial charge >= 0.3 is 0 Å². The Labute approximate surface area is 148 Å². The molecule has 9 heteroatoms. The fraction of sp³-hybridized carbons (Fsp3) is 0.467. The van der Waals surface area contributed by atoms with Crippen molar-refractivity contribution in [3.63, 3.8) is 0 Å². The van der Waals surface area contributed by atoms with E-state index in [1.54, 1.807) is 17.0 Å². The first kappa shape index (κ1) is 20.4. The summed E-state index contributed by atoms with van der Waals surface area (Å²) in [6.07, 6.45) is 0.545. The molecule has 2 N–H and O–H groups in total. The highest BCUT2D eigenvalue weighted by molar-refractivity contribution is 7.89. The Morgan fingerprint density at radius 3 is 2.71 bits per heavy atom. The van der Waals surface area contributed by atoms with Crippen molar-refractivity contribution in [2.45, 2.75) is 31.2 Å². The highest BCUT2D eigenvalue weighted by Gasteiger charge is 2.31. The van der Waals surface area contributed by atoms with E-state index in [9.17, 15) is 18.0 Å². The van der Waals surface area contributed by atoms with Crippen LogP contribution in [0.2, 0.25) is 0 Å². The van der Waals surface area contributed by atoms with Crippen LogP contribution < -0.4 is 10.0 Å². The van der Waals surface area contributed by atoms with E-state index < -0.39 is 16.1 Å². The molecule has 1 aromatic rings. The molecule has 2 rings (SSSR count). The third-order valence-electron chi connectivity index (χ3n) is 3.65. The molecule has 7 nitrogen and oxygen atoms in total. The number of benzene rings is 1. The molecule has 1 saturated heterocycles. The summed E-state index contributed by atoms with van der Waals surface area (Å²) in [5.41, 5.74) is 0.862. The van der Waals surface area contributed by atoms with Crippen molar-refractivity contribution in [2.24, 2.45) is 0 Å². The van der Waals surface area contributed by atoms with Gasteiger partial charge in [0.2, 0.25) is 21.8 Å². The lowest BCUT2D eigenvalue weighted by Gasteiger charge is -2.17. The Balaban J connectivity index is 0.00000288. The summed E-state index contributed by atoms with van der Waals surface area (Å²) in [6.45, 7) is 4.11. The first-order valence-electron chi connectivity index (χ1n) is 7.42. The fourth-order valence-electron chi connectivity index (χ4n) is 2.52. The number of amides is 2. The molecule has 0 radical (unpaired) electrons. The first-order valence-corrected chi connectivity index (χ1v) is 8.90. The second-order valence-electron chi connectivity index (χ2n) is 5.58. The maximum Gasteiger partial charge on any atom is 0.245 e. The van der Waals surface area contributed by atoms with Crippen LogP contribution in [-0.2, 0) is 19.6 Å². The first-order chi connectivity index (χ1) is 10.8. The molecule has 1 aliphatic rings. The topological polar surface area (TPSA) is 95.6 Å². The average Bonchev–Trinajstić information content (AvgIpc) is 2.79. The van der Waals surface area contributed by atoms with E-state index in [1.807, 2.05) is 13.0 Å². The van der Waals surface area contributed by atoms with E-state index in [0.717, 1.165) is 5.56 Å². The van der Waals surface area contributed by atoms with Gasteiger partial charge in [-0.3, -0.25) is 9.59 Å². The highest BCUT2D eigenvalue weighted by atomic mass is 35.5. The number of carbonyl (C=O) groups excluding carboxylic acids is 2. The Bertz CT molecular complexity index is 708. The van der Waals surface area contributed by atoms with Gasteiger partial charge in [-0.2, -0.15) is 0 Å². The number of hydrogen-bond acceptors (Lipinski definition) is 4. The van der Waals surface area contributed by atoms with Gasteiger partial charge in [-0.25, -0.2) is 13.1 Å². The van der Waals surface area contributed by atoms with Gasteiger partial charge in [0, 0.05) is 26.6 Å². The van der Waals surface area contributed by atoms with Crippen LogP contribution in [0.3, 0.4) is 0 Å². The molecule has 0 spiro atoms. The van der Waals surface area contributed by atoms with Crippen molar-refractivity contribution in [1.82, 2.24) is 14.9 Å². The summed E-state index contributed by atoms with van der Waals surface area (Å²) >= 11 is 0. The normalized spacial score (nSPS) is 17.5. The van der Waals surface area contributed by atoms with E-state index in [1.165, 1.54) is 13.0 Å². The molecule has 0 aliphatic carbocycles. The van der Waals surface area contributed by atoms with Gasteiger partial charge in [-0.15, -0.1) is 12.4 Å². The van der Waals surface area contributed by atoms with Gasteiger partial charge in [-0.1, -0.05) is 12.1 Å². The molecule has 24 heavy (non-hydrogen) atoms. The predicted octanol–water partition coefficient (Wildman–Crippen LogP) is 0.432. The Morgan fingerprint density at radius 1 is 1.38 bits per heavy atom. The van der Waals surface area contributed by atoms with Crippen molar-refractivity contribution < 1.29 is 18.0 Å². The van der Waals surface area contributed by atoms with Crippen LogP contribution in [0.25, 0.3) is 0 Å². The number of rotatable bonds is 6. The average molecular weight is 376 g/mol. The smallest absolute Gasteiger partial charge is 0.245 e. The molecular formula is C15H22ClN3O4S. The summed E-state index contributed by atoms with van der Waals surface area (Å²) in [6, 6.07) is 6.14. The van der Waals surface area contributed by atoms with Gasteiger partial charge < -0.3 is 10.2 Å². The zero-order valence-electron chi connectivity index (χ0n) is 13.6. The Kier molecular flexibility index (Phi) is 7.19. The number of nitrogens with zero attached hydrogens (tertiary/aromatic N) is 1. The number of likely N-dealkylation sites (tertiary alicyclic amines) is 1. The monoisotopic (exact) mass is 375 g/mol. The van der Waals surface area contributed by atoms with E-state index in [4.69, 9.17) is 0 Å². The largest absolute Gasteiger partial charge is 0.344 e. The lowest BCUT2D eigenvalue weighted by atomic mass is 10.2. The SMILES string of the molecule is CC(=O)NC1CCN(CCNS(=O)(=O)c2cccc(C)c2)C1=O.Cl. The molecule has 1 aliphatic heterocycles. The molecule has 134 valence electrons. The molecule has 1 unspecified atom stereocenters. The lowest BCUT2D eigenvalue weighted by Crippen LogP contribution is -2.42. The fourth-order valence-corrected chi connectivity index (χ4v) is 3.65. The molecule has 0 saturated carbocycles. The summed E-state index contributed by atoms with van der Waals surface area (Å²) < 4.78 is 26.9. The Hall–Kier alpha value is -1.64. The van der Waals surface area contributed by atoms with Crippen LogP contribution in [0.15, 0.2) is 29.2 Å². The van der Waals surface area contributed by atoms with Crippen LogP contribution in [0, 0.1) is 6.92 Å². The van der Waals surface area contributed by atoms with Crippen LogP contribution in [0.4, 0.5) is 0 Å². The zero-order chi connectivity index (χ0) is 17.0. The third kappa shape index (κ3) is 5.19. The van der Waals surface area contributed by atoms with E-state index in [-0.39, 0.29) is 42.2 Å². The maximum absolute atomic E-state index is 12.2. The van der Waals surface area contributed by atoms with Crippen LogP contribution in [-0.4, -0.2) is 50.8 Å². The molecule has 1 atom stereocenters. The van der Waals surface area contributed by atoms with Crippen LogP contribution >= 0.6 is 12.4 Å². The summed E-state index contributed by atoms with van der Waals surface area (Å²) in [7, 11) is -3.58. The molecule has 1 fully saturated rings. The van der Waals surface area contributed by atoms with Gasteiger partial charge in [0.15, 0.2) is 0 Å². The number of nitrogens with one attached hydrogen (secondary N) is 2. The second kappa shape index (κ2) is 8.46. The van der Waals surface area contributed by atoms with E-state index >= 15 is 0 Å². The minimum absolute atomic E-state index is 0. The van der Waals surface area contributed by atoms with Crippen molar-refractivity contribution in [3.05, 3.63) is 29.8 Å². The maximum atomic E-state index is 12.2. The van der Waals surface area contributed by atoms with E-state index in [0.29, 0.717) is 13.0 Å². The van der Waals surface area contributed by atoms with Crippen LogP contribution in [0.5, 0.6) is 0 Å². The second-order valence-corrected chi connectivity index (χ2v) is 7.35. The molecule has 2 amide bonds. The molecular weight excluding hydrogens is 354 g/mol. The van der Waals surface area contributed by atoms with Crippen molar-refractivity contribution in [2.75, 3.05) is 19.6 Å². The quantitative estimate of drug-likeness (QED) is 0.753. The predicted molar refractivity (Wildman–Crippen MR) is 92.4 cm³/mol. The zero-order valence-corrected chi connectivity index (χ0v) is 15.2. The van der Waals surface area contributed by atoms with E-state index in [2.05, 4.69) is 10.0 Å². The van der Waals surface area contributed by atoms with Gasteiger partial charge in [0.25, 0.3) is 0 Å². The third-order valence-corrected chi connectivity index (χ3v) is 5.11. The number of aryl methyl sites for hydroxylation is 1. The lowest BCUT2D eigenvalue weighted by molar-refractivity contribution is -0.132. The number of carbonyl (C=O) groups is 2. The summed E-state index contributed by atoms with van der Waals surface area (Å²) in [5, 5.41) is 2.59. The number of hydrogen-bond donors (Lipinski definition) is 2.